The van der Waals surface area contributed by atoms with Gasteiger partial charge in [-0.15, -0.1) is 0 Å². The fourth-order valence-corrected chi connectivity index (χ4v) is 2.75. The lowest BCUT2D eigenvalue weighted by Gasteiger charge is -2.12. The Bertz CT molecular complexity index is 763. The zero-order chi connectivity index (χ0) is 14.7. The van der Waals surface area contributed by atoms with E-state index in [1.807, 2.05) is 42.5 Å². The summed E-state index contributed by atoms with van der Waals surface area (Å²) in [7, 11) is 1.67. The molecule has 0 radical (unpaired) electrons. The van der Waals surface area contributed by atoms with Gasteiger partial charge < -0.3 is 9.47 Å². The van der Waals surface area contributed by atoms with Crippen LogP contribution in [-0.2, 0) is 6.61 Å². The molecule has 2 nitrogen and oxygen atoms in total. The highest BCUT2D eigenvalue weighted by Gasteiger charge is 2.06. The van der Waals surface area contributed by atoms with Crippen molar-refractivity contribution in [1.82, 2.24) is 0 Å². The van der Waals surface area contributed by atoms with Gasteiger partial charge in [-0.1, -0.05) is 52.3 Å². The monoisotopic (exact) mass is 342 g/mol. The molecule has 0 bridgehead atoms. The highest BCUT2D eigenvalue weighted by Crippen LogP contribution is 2.28. The molecule has 0 saturated carbocycles. The number of methoxy groups -OCH3 is 1. The molecule has 0 aliphatic carbocycles. The van der Waals surface area contributed by atoms with Gasteiger partial charge in [0.2, 0.25) is 0 Å². The van der Waals surface area contributed by atoms with Crippen LogP contribution in [0.1, 0.15) is 5.56 Å². The molecule has 3 heteroatoms. The van der Waals surface area contributed by atoms with Crippen LogP contribution in [0.3, 0.4) is 0 Å². The molecule has 3 aromatic rings. The van der Waals surface area contributed by atoms with E-state index in [9.17, 15) is 0 Å². The van der Waals surface area contributed by atoms with E-state index < -0.39 is 0 Å². The van der Waals surface area contributed by atoms with E-state index in [-0.39, 0.29) is 0 Å². The summed E-state index contributed by atoms with van der Waals surface area (Å²) in [6.45, 7) is 0.469. The lowest BCUT2D eigenvalue weighted by atomic mass is 10.1. The second-order valence-electron chi connectivity index (χ2n) is 4.72. The maximum absolute atomic E-state index is 6.00. The molecule has 0 spiro atoms. The van der Waals surface area contributed by atoms with Gasteiger partial charge in [0.15, 0.2) is 0 Å². The SMILES string of the molecule is COc1ccc(Br)cc1COc1cccc2ccccc12. The first kappa shape index (κ1) is 14.0. The number of hydrogen-bond donors (Lipinski definition) is 0. The molecule has 3 aromatic carbocycles. The van der Waals surface area contributed by atoms with Crippen molar-refractivity contribution in [2.45, 2.75) is 6.61 Å². The van der Waals surface area contributed by atoms with Crippen molar-refractivity contribution < 1.29 is 9.47 Å². The van der Waals surface area contributed by atoms with Gasteiger partial charge in [-0.05, 0) is 29.7 Å². The Labute approximate surface area is 132 Å². The first-order valence-corrected chi connectivity index (χ1v) is 7.50. The molecular formula is C18H15BrO2. The summed E-state index contributed by atoms with van der Waals surface area (Å²) in [6.07, 6.45) is 0. The molecular weight excluding hydrogens is 328 g/mol. The molecule has 106 valence electrons. The Morgan fingerprint density at radius 2 is 1.71 bits per heavy atom. The number of hydrogen-bond acceptors (Lipinski definition) is 2. The van der Waals surface area contributed by atoms with E-state index >= 15 is 0 Å². The predicted octanol–water partition coefficient (Wildman–Crippen LogP) is 5.19. The van der Waals surface area contributed by atoms with E-state index in [0.29, 0.717) is 6.61 Å². The van der Waals surface area contributed by atoms with Crippen LogP contribution >= 0.6 is 15.9 Å². The van der Waals surface area contributed by atoms with Crippen molar-refractivity contribution in [3.8, 4) is 11.5 Å². The molecule has 3 rings (SSSR count). The molecule has 0 fully saturated rings. The Morgan fingerprint density at radius 1 is 0.905 bits per heavy atom. The highest BCUT2D eigenvalue weighted by atomic mass is 79.9. The fraction of sp³-hybridized carbons (Fsp3) is 0.111. The van der Waals surface area contributed by atoms with Gasteiger partial charge in [0.1, 0.15) is 18.1 Å². The van der Waals surface area contributed by atoms with E-state index in [2.05, 4.69) is 34.1 Å². The van der Waals surface area contributed by atoms with Gasteiger partial charge in [-0.25, -0.2) is 0 Å². The second-order valence-corrected chi connectivity index (χ2v) is 5.64. The molecule has 0 aliphatic rings. The van der Waals surface area contributed by atoms with Gasteiger partial charge in [0.05, 0.1) is 7.11 Å². The summed E-state index contributed by atoms with van der Waals surface area (Å²) in [5, 5.41) is 2.30. The van der Waals surface area contributed by atoms with Crippen molar-refractivity contribution in [1.29, 1.82) is 0 Å². The summed E-state index contributed by atoms with van der Waals surface area (Å²) in [4.78, 5) is 0. The molecule has 0 N–H and O–H groups in total. The topological polar surface area (TPSA) is 18.5 Å². The predicted molar refractivity (Wildman–Crippen MR) is 89.0 cm³/mol. The van der Waals surface area contributed by atoms with Gasteiger partial charge in [-0.2, -0.15) is 0 Å². The normalized spacial score (nSPS) is 10.6. The fourth-order valence-electron chi connectivity index (χ4n) is 2.34. The molecule has 0 aliphatic heterocycles. The third kappa shape index (κ3) is 3.03. The Kier molecular flexibility index (Phi) is 4.11. The Morgan fingerprint density at radius 3 is 2.57 bits per heavy atom. The van der Waals surface area contributed by atoms with Crippen molar-refractivity contribution >= 4 is 26.7 Å². The minimum Gasteiger partial charge on any atom is -0.496 e. The number of halogens is 1. The maximum Gasteiger partial charge on any atom is 0.127 e. The van der Waals surface area contributed by atoms with Crippen LogP contribution in [-0.4, -0.2) is 7.11 Å². The van der Waals surface area contributed by atoms with Crippen LogP contribution in [0.2, 0.25) is 0 Å². The number of fused-ring (bicyclic) bond motifs is 1. The van der Waals surface area contributed by atoms with Crippen molar-refractivity contribution in [3.63, 3.8) is 0 Å². The van der Waals surface area contributed by atoms with Crippen molar-refractivity contribution in [2.24, 2.45) is 0 Å². The zero-order valence-corrected chi connectivity index (χ0v) is 13.3. The molecule has 0 unspecified atom stereocenters. The van der Waals surface area contributed by atoms with Crippen LogP contribution in [0, 0.1) is 0 Å². The summed E-state index contributed by atoms with van der Waals surface area (Å²) in [5.41, 5.74) is 1.01. The first-order valence-electron chi connectivity index (χ1n) is 6.71. The van der Waals surface area contributed by atoms with Crippen LogP contribution in [0.15, 0.2) is 65.1 Å². The average molecular weight is 343 g/mol. The van der Waals surface area contributed by atoms with Crippen molar-refractivity contribution in [2.75, 3.05) is 7.11 Å². The quantitative estimate of drug-likeness (QED) is 0.649. The van der Waals surface area contributed by atoms with Crippen LogP contribution < -0.4 is 9.47 Å². The molecule has 0 atom stereocenters. The lowest BCUT2D eigenvalue weighted by Crippen LogP contribution is -1.99. The maximum atomic E-state index is 6.00. The third-order valence-electron chi connectivity index (χ3n) is 3.38. The van der Waals surface area contributed by atoms with Crippen molar-refractivity contribution in [3.05, 3.63) is 70.7 Å². The Hall–Kier alpha value is -2.00. The number of ether oxygens (including phenoxy) is 2. The Balaban J connectivity index is 1.89. The highest BCUT2D eigenvalue weighted by molar-refractivity contribution is 9.10. The summed E-state index contributed by atoms with van der Waals surface area (Å²) >= 11 is 3.48. The average Bonchev–Trinajstić information content (AvgIpc) is 2.53. The summed E-state index contributed by atoms with van der Waals surface area (Å²) in [5.74, 6) is 1.72. The van der Waals surface area contributed by atoms with Gasteiger partial charge in [-0.3, -0.25) is 0 Å². The van der Waals surface area contributed by atoms with E-state index in [4.69, 9.17) is 9.47 Å². The molecule has 0 heterocycles. The van der Waals surface area contributed by atoms with E-state index in [1.54, 1.807) is 7.11 Å². The van der Waals surface area contributed by atoms with Gasteiger partial charge >= 0.3 is 0 Å². The van der Waals surface area contributed by atoms with E-state index in [0.717, 1.165) is 26.9 Å². The minimum atomic E-state index is 0.469. The molecule has 0 saturated heterocycles. The molecule has 0 amide bonds. The summed E-state index contributed by atoms with van der Waals surface area (Å²) < 4.78 is 12.4. The van der Waals surface area contributed by atoms with Crippen LogP contribution in [0.4, 0.5) is 0 Å². The number of benzene rings is 3. The van der Waals surface area contributed by atoms with E-state index in [1.165, 1.54) is 5.39 Å². The third-order valence-corrected chi connectivity index (χ3v) is 3.87. The lowest BCUT2D eigenvalue weighted by molar-refractivity contribution is 0.300. The molecule has 21 heavy (non-hydrogen) atoms. The summed E-state index contributed by atoms with van der Waals surface area (Å²) in [6, 6.07) is 20.2. The standard InChI is InChI=1S/C18H15BrO2/c1-20-17-10-9-15(19)11-14(17)12-21-18-8-4-6-13-5-2-3-7-16(13)18/h2-11H,12H2,1H3. The number of rotatable bonds is 4. The largest absolute Gasteiger partial charge is 0.496 e. The smallest absolute Gasteiger partial charge is 0.127 e. The molecule has 0 aromatic heterocycles. The zero-order valence-electron chi connectivity index (χ0n) is 11.7. The second kappa shape index (κ2) is 6.19. The van der Waals surface area contributed by atoms with Crippen LogP contribution in [0.5, 0.6) is 11.5 Å². The van der Waals surface area contributed by atoms with Gasteiger partial charge in [0.25, 0.3) is 0 Å². The van der Waals surface area contributed by atoms with Crippen LogP contribution in [0.25, 0.3) is 10.8 Å². The van der Waals surface area contributed by atoms with Gasteiger partial charge in [0, 0.05) is 15.4 Å². The first-order chi connectivity index (χ1) is 10.3. The minimum absolute atomic E-state index is 0.469.